The molecule has 0 fully saturated rings. The molecule has 0 N–H and O–H groups in total. The van der Waals surface area contributed by atoms with E-state index in [9.17, 15) is 0 Å². The summed E-state index contributed by atoms with van der Waals surface area (Å²) >= 11 is 0. The molecule has 5 nitrogen and oxygen atoms in total. The third-order valence-electron chi connectivity index (χ3n) is 12.0. The smallest absolute Gasteiger partial charge is 0.164 e. The lowest BCUT2D eigenvalue weighted by molar-refractivity contribution is 1.07. The second kappa shape index (κ2) is 14.7. The molecule has 0 bridgehead atoms. The Labute approximate surface area is 358 Å². The molecule has 9 aromatic carbocycles. The van der Waals surface area contributed by atoms with E-state index in [2.05, 4.69) is 173 Å². The molecular formula is C57H37N5. The summed E-state index contributed by atoms with van der Waals surface area (Å²) in [4.78, 5) is 14.9. The van der Waals surface area contributed by atoms with Gasteiger partial charge in [-0.25, -0.2) is 15.0 Å². The standard InChI is InChI=1S/C57H37N5/c1-4-17-38(18-5-1)55-58-56(39-19-6-2-7-20-39)60-57(59-55)43-23-14-21-40(35-43)41-22-15-26-45(36-41)61-51-31-12-11-28-48(51)50-37-42(33-34-53(50)61)46-29-16-30-49-47-27-10-13-32-52(47)62(54(46)49)44-24-8-3-9-25-44/h1-37H. The molecule has 0 aliphatic carbocycles. The highest BCUT2D eigenvalue weighted by Gasteiger charge is 2.19. The minimum atomic E-state index is 0.633. The van der Waals surface area contributed by atoms with Gasteiger partial charge in [0.05, 0.1) is 22.1 Å². The van der Waals surface area contributed by atoms with Gasteiger partial charge < -0.3 is 9.13 Å². The molecular weight excluding hydrogens is 755 g/mol. The van der Waals surface area contributed by atoms with Crippen molar-refractivity contribution < 1.29 is 0 Å². The molecule has 0 amide bonds. The highest BCUT2D eigenvalue weighted by molar-refractivity contribution is 6.15. The van der Waals surface area contributed by atoms with Crippen molar-refractivity contribution >= 4 is 43.6 Å². The molecule has 0 atom stereocenters. The second-order valence-corrected chi connectivity index (χ2v) is 15.6. The van der Waals surface area contributed by atoms with Crippen LogP contribution in [-0.2, 0) is 0 Å². The maximum atomic E-state index is 5.01. The first-order valence-electron chi connectivity index (χ1n) is 20.9. The zero-order valence-corrected chi connectivity index (χ0v) is 33.6. The van der Waals surface area contributed by atoms with E-state index in [-0.39, 0.29) is 0 Å². The van der Waals surface area contributed by atoms with Crippen molar-refractivity contribution in [3.05, 3.63) is 224 Å². The van der Waals surface area contributed by atoms with Gasteiger partial charge in [-0.3, -0.25) is 0 Å². The summed E-state index contributed by atoms with van der Waals surface area (Å²) in [6.45, 7) is 0. The molecule has 12 aromatic rings. The number of benzene rings is 9. The lowest BCUT2D eigenvalue weighted by Crippen LogP contribution is -2.00. The van der Waals surface area contributed by atoms with Crippen molar-refractivity contribution in [2.24, 2.45) is 0 Å². The molecule has 62 heavy (non-hydrogen) atoms. The monoisotopic (exact) mass is 791 g/mol. The fourth-order valence-corrected chi connectivity index (χ4v) is 9.12. The van der Waals surface area contributed by atoms with Crippen molar-refractivity contribution in [3.8, 4) is 67.8 Å². The largest absolute Gasteiger partial charge is 0.309 e. The average molecular weight is 792 g/mol. The van der Waals surface area contributed by atoms with E-state index in [1.54, 1.807) is 0 Å². The quantitative estimate of drug-likeness (QED) is 0.162. The van der Waals surface area contributed by atoms with Crippen LogP contribution in [0, 0.1) is 0 Å². The lowest BCUT2D eigenvalue weighted by Gasteiger charge is -2.13. The fraction of sp³-hybridized carbons (Fsp3) is 0. The van der Waals surface area contributed by atoms with Gasteiger partial charge in [0.1, 0.15) is 0 Å². The van der Waals surface area contributed by atoms with Crippen LogP contribution in [0.1, 0.15) is 0 Å². The van der Waals surface area contributed by atoms with Crippen LogP contribution in [0.5, 0.6) is 0 Å². The second-order valence-electron chi connectivity index (χ2n) is 15.6. The van der Waals surface area contributed by atoms with Gasteiger partial charge in [0.25, 0.3) is 0 Å². The number of hydrogen-bond acceptors (Lipinski definition) is 3. The highest BCUT2D eigenvalue weighted by Crippen LogP contribution is 2.41. The topological polar surface area (TPSA) is 48.5 Å². The molecule has 0 aliphatic rings. The van der Waals surface area contributed by atoms with E-state index in [4.69, 9.17) is 15.0 Å². The van der Waals surface area contributed by atoms with Crippen molar-refractivity contribution in [2.45, 2.75) is 0 Å². The maximum Gasteiger partial charge on any atom is 0.164 e. The van der Waals surface area contributed by atoms with E-state index >= 15 is 0 Å². The molecule has 3 aromatic heterocycles. The Bertz CT molecular complexity index is 3570. The number of fused-ring (bicyclic) bond motifs is 6. The first-order chi connectivity index (χ1) is 30.7. The van der Waals surface area contributed by atoms with Crippen molar-refractivity contribution in [1.82, 2.24) is 24.1 Å². The van der Waals surface area contributed by atoms with Crippen LogP contribution in [0.2, 0.25) is 0 Å². The first-order valence-corrected chi connectivity index (χ1v) is 20.9. The summed E-state index contributed by atoms with van der Waals surface area (Å²) in [5.41, 5.74) is 14.4. The Morgan fingerprint density at radius 3 is 1.42 bits per heavy atom. The van der Waals surface area contributed by atoms with E-state index in [0.29, 0.717) is 17.5 Å². The van der Waals surface area contributed by atoms with Crippen LogP contribution in [0.25, 0.3) is 111 Å². The number of hydrogen-bond donors (Lipinski definition) is 0. The normalized spacial score (nSPS) is 11.5. The van der Waals surface area contributed by atoms with E-state index in [0.717, 1.165) is 50.2 Å². The van der Waals surface area contributed by atoms with Crippen LogP contribution in [0.15, 0.2) is 224 Å². The van der Waals surface area contributed by atoms with Gasteiger partial charge in [-0.05, 0) is 71.3 Å². The van der Waals surface area contributed by atoms with E-state index in [1.165, 1.54) is 43.7 Å². The molecule has 0 radical (unpaired) electrons. The third-order valence-corrected chi connectivity index (χ3v) is 12.0. The van der Waals surface area contributed by atoms with Crippen molar-refractivity contribution in [1.29, 1.82) is 0 Å². The number of aromatic nitrogens is 5. The fourth-order valence-electron chi connectivity index (χ4n) is 9.12. The summed E-state index contributed by atoms with van der Waals surface area (Å²) in [5.74, 6) is 1.92. The van der Waals surface area contributed by atoms with Gasteiger partial charge in [-0.2, -0.15) is 0 Å². The molecule has 0 aliphatic heterocycles. The van der Waals surface area contributed by atoms with Gasteiger partial charge in [-0.15, -0.1) is 0 Å². The predicted octanol–water partition coefficient (Wildman–Crippen LogP) is 14.4. The molecule has 3 heterocycles. The molecule has 12 rings (SSSR count). The Hall–Kier alpha value is -8.41. The molecule has 0 saturated heterocycles. The molecule has 0 unspecified atom stereocenters. The van der Waals surface area contributed by atoms with Gasteiger partial charge in [0.2, 0.25) is 0 Å². The van der Waals surface area contributed by atoms with Crippen LogP contribution in [0.3, 0.4) is 0 Å². The van der Waals surface area contributed by atoms with Gasteiger partial charge in [0, 0.05) is 55.2 Å². The van der Waals surface area contributed by atoms with Gasteiger partial charge in [-0.1, -0.05) is 170 Å². The van der Waals surface area contributed by atoms with Gasteiger partial charge in [0.15, 0.2) is 17.5 Å². The van der Waals surface area contributed by atoms with Crippen molar-refractivity contribution in [2.75, 3.05) is 0 Å². The zero-order valence-electron chi connectivity index (χ0n) is 33.6. The first kappa shape index (κ1) is 35.5. The molecule has 290 valence electrons. The predicted molar refractivity (Wildman–Crippen MR) is 256 cm³/mol. The Morgan fingerprint density at radius 1 is 0.258 bits per heavy atom. The third kappa shape index (κ3) is 5.98. The minimum absolute atomic E-state index is 0.633. The maximum absolute atomic E-state index is 5.01. The summed E-state index contributed by atoms with van der Waals surface area (Å²) in [5, 5.41) is 4.92. The molecule has 0 saturated carbocycles. The summed E-state index contributed by atoms with van der Waals surface area (Å²) in [6, 6.07) is 79.4. The lowest BCUT2D eigenvalue weighted by atomic mass is 9.99. The Balaban J connectivity index is 0.978. The number of para-hydroxylation sites is 4. The summed E-state index contributed by atoms with van der Waals surface area (Å²) in [7, 11) is 0. The number of nitrogens with zero attached hydrogens (tertiary/aromatic N) is 5. The molecule has 5 heteroatoms. The van der Waals surface area contributed by atoms with Crippen molar-refractivity contribution in [3.63, 3.8) is 0 Å². The van der Waals surface area contributed by atoms with Crippen LogP contribution in [0.4, 0.5) is 0 Å². The number of rotatable bonds is 7. The van der Waals surface area contributed by atoms with E-state index < -0.39 is 0 Å². The molecule has 0 spiro atoms. The van der Waals surface area contributed by atoms with E-state index in [1.807, 2.05) is 60.7 Å². The SMILES string of the molecule is c1ccc(-c2nc(-c3ccccc3)nc(-c3cccc(-c4cccc(-n5c6ccccc6c6cc(-c7cccc8c9ccccc9n(-c9ccccc9)c78)ccc65)c4)c3)n2)cc1. The zero-order chi connectivity index (χ0) is 41.0. The Kier molecular flexibility index (Phi) is 8.42. The summed E-state index contributed by atoms with van der Waals surface area (Å²) in [6.07, 6.45) is 0. The van der Waals surface area contributed by atoms with Gasteiger partial charge >= 0.3 is 0 Å². The summed E-state index contributed by atoms with van der Waals surface area (Å²) < 4.78 is 4.81. The van der Waals surface area contributed by atoms with Crippen LogP contribution >= 0.6 is 0 Å². The highest BCUT2D eigenvalue weighted by atomic mass is 15.0. The average Bonchev–Trinajstić information content (AvgIpc) is 3.88. The van der Waals surface area contributed by atoms with Crippen LogP contribution < -0.4 is 0 Å². The Morgan fingerprint density at radius 2 is 0.726 bits per heavy atom. The minimum Gasteiger partial charge on any atom is -0.309 e. The van der Waals surface area contributed by atoms with Crippen LogP contribution in [-0.4, -0.2) is 24.1 Å².